The average molecular weight is 294 g/mol. The number of aromatic nitrogens is 1. The molecule has 0 aliphatic carbocycles. The maximum Gasteiger partial charge on any atom is 0.0580 e. The number of pyridine rings is 1. The summed E-state index contributed by atoms with van der Waals surface area (Å²) in [4.78, 5) is 5.51. The lowest BCUT2D eigenvalue weighted by Crippen LogP contribution is -2.21. The molecule has 0 aliphatic rings. The summed E-state index contributed by atoms with van der Waals surface area (Å²) in [5.74, 6) is 0. The monoisotopic (exact) mass is 294 g/mol. The molecule has 3 heteroatoms. The standard InChI is InChI=1S/C18H18N2S/c1-14-9-12-21-17(14)13-20-18(15-5-3-2-4-6-15)16-7-10-19-11-8-16/h2-12,18,20H,13H2,1H3. The molecule has 0 radical (unpaired) electrons. The Labute approximate surface area is 129 Å². The highest BCUT2D eigenvalue weighted by molar-refractivity contribution is 7.10. The Balaban J connectivity index is 1.85. The van der Waals surface area contributed by atoms with Gasteiger partial charge in [-0.2, -0.15) is 0 Å². The molecule has 1 aromatic carbocycles. The summed E-state index contributed by atoms with van der Waals surface area (Å²) in [5, 5.41) is 5.83. The number of nitrogens with zero attached hydrogens (tertiary/aromatic N) is 1. The van der Waals surface area contributed by atoms with Gasteiger partial charge in [0.25, 0.3) is 0 Å². The van der Waals surface area contributed by atoms with Gasteiger partial charge in [0.1, 0.15) is 0 Å². The zero-order chi connectivity index (χ0) is 14.5. The summed E-state index contributed by atoms with van der Waals surface area (Å²) in [6.45, 7) is 3.04. The van der Waals surface area contributed by atoms with Crippen molar-refractivity contribution >= 4 is 11.3 Å². The van der Waals surface area contributed by atoms with Crippen LogP contribution in [0.3, 0.4) is 0 Å². The van der Waals surface area contributed by atoms with Crippen molar-refractivity contribution in [2.75, 3.05) is 0 Å². The molecular formula is C18H18N2S. The topological polar surface area (TPSA) is 24.9 Å². The molecule has 2 nitrogen and oxygen atoms in total. The predicted octanol–water partition coefficient (Wildman–Crippen LogP) is 4.33. The second-order valence-corrected chi connectivity index (χ2v) is 6.03. The molecule has 21 heavy (non-hydrogen) atoms. The summed E-state index contributed by atoms with van der Waals surface area (Å²) in [6, 6.07) is 17.1. The van der Waals surface area contributed by atoms with Gasteiger partial charge >= 0.3 is 0 Å². The Morgan fingerprint density at radius 2 is 1.71 bits per heavy atom. The minimum Gasteiger partial charge on any atom is -0.301 e. The van der Waals surface area contributed by atoms with E-state index in [4.69, 9.17) is 0 Å². The SMILES string of the molecule is Cc1ccsc1CNC(c1ccccc1)c1ccncc1. The minimum atomic E-state index is 0.190. The molecule has 0 spiro atoms. The van der Waals surface area contributed by atoms with Crippen molar-refractivity contribution in [1.29, 1.82) is 0 Å². The smallest absolute Gasteiger partial charge is 0.0580 e. The lowest BCUT2D eigenvalue weighted by atomic mass is 9.99. The number of nitrogens with one attached hydrogen (secondary N) is 1. The Hall–Kier alpha value is -1.97. The van der Waals surface area contributed by atoms with Crippen molar-refractivity contribution in [2.45, 2.75) is 19.5 Å². The molecule has 0 amide bonds. The highest BCUT2D eigenvalue weighted by atomic mass is 32.1. The summed E-state index contributed by atoms with van der Waals surface area (Å²) in [6.07, 6.45) is 3.70. The summed E-state index contributed by atoms with van der Waals surface area (Å²) < 4.78 is 0. The maximum absolute atomic E-state index is 4.12. The Kier molecular flexibility index (Phi) is 4.43. The van der Waals surface area contributed by atoms with Gasteiger partial charge in [-0.1, -0.05) is 30.3 Å². The number of hydrogen-bond acceptors (Lipinski definition) is 3. The highest BCUT2D eigenvalue weighted by Gasteiger charge is 2.13. The molecule has 0 bridgehead atoms. The predicted molar refractivity (Wildman–Crippen MR) is 88.4 cm³/mol. The lowest BCUT2D eigenvalue weighted by Gasteiger charge is -2.19. The molecule has 2 heterocycles. The number of benzene rings is 1. The van der Waals surface area contributed by atoms with Crippen LogP contribution in [0, 0.1) is 6.92 Å². The fourth-order valence-electron chi connectivity index (χ4n) is 2.41. The van der Waals surface area contributed by atoms with E-state index in [2.05, 4.69) is 71.1 Å². The first-order valence-corrected chi connectivity index (χ1v) is 7.94. The normalized spacial score (nSPS) is 12.2. The molecule has 0 saturated heterocycles. The van der Waals surface area contributed by atoms with E-state index >= 15 is 0 Å². The van der Waals surface area contributed by atoms with Gasteiger partial charge in [-0.3, -0.25) is 4.98 Å². The van der Waals surface area contributed by atoms with E-state index in [1.807, 2.05) is 23.7 Å². The number of aryl methyl sites for hydroxylation is 1. The second kappa shape index (κ2) is 6.66. The van der Waals surface area contributed by atoms with Crippen molar-refractivity contribution in [3.05, 3.63) is 87.9 Å². The van der Waals surface area contributed by atoms with E-state index in [9.17, 15) is 0 Å². The van der Waals surface area contributed by atoms with Gasteiger partial charge < -0.3 is 5.32 Å². The van der Waals surface area contributed by atoms with E-state index in [0.717, 1.165) is 6.54 Å². The maximum atomic E-state index is 4.12. The van der Waals surface area contributed by atoms with Crippen LogP contribution in [0.4, 0.5) is 0 Å². The molecule has 1 unspecified atom stereocenters. The number of hydrogen-bond donors (Lipinski definition) is 1. The zero-order valence-electron chi connectivity index (χ0n) is 12.0. The summed E-state index contributed by atoms with van der Waals surface area (Å²) >= 11 is 1.81. The molecule has 3 rings (SSSR count). The van der Waals surface area contributed by atoms with Gasteiger partial charge in [0, 0.05) is 23.8 Å². The summed E-state index contributed by atoms with van der Waals surface area (Å²) in [5.41, 5.74) is 3.87. The van der Waals surface area contributed by atoms with Gasteiger partial charge in [-0.15, -0.1) is 11.3 Å². The highest BCUT2D eigenvalue weighted by Crippen LogP contribution is 2.23. The van der Waals surface area contributed by atoms with E-state index in [1.54, 1.807) is 0 Å². The number of rotatable bonds is 5. The molecule has 106 valence electrons. The molecule has 2 aromatic heterocycles. The Bertz CT molecular complexity index is 637. The van der Waals surface area contributed by atoms with Gasteiger partial charge in [0.05, 0.1) is 6.04 Å². The van der Waals surface area contributed by atoms with Crippen LogP contribution in [-0.4, -0.2) is 4.98 Å². The van der Waals surface area contributed by atoms with Crippen LogP contribution < -0.4 is 5.32 Å². The van der Waals surface area contributed by atoms with E-state index in [1.165, 1.54) is 21.6 Å². The molecule has 3 aromatic rings. The third-order valence-corrected chi connectivity index (χ3v) is 4.63. The van der Waals surface area contributed by atoms with Crippen LogP contribution in [0.2, 0.25) is 0 Å². The van der Waals surface area contributed by atoms with Gasteiger partial charge in [0.2, 0.25) is 0 Å². The first-order valence-electron chi connectivity index (χ1n) is 7.06. The molecule has 1 atom stereocenters. The fraction of sp³-hybridized carbons (Fsp3) is 0.167. The first kappa shape index (κ1) is 14.0. The summed E-state index contributed by atoms with van der Waals surface area (Å²) in [7, 11) is 0. The first-order chi connectivity index (χ1) is 10.3. The van der Waals surface area contributed by atoms with Crippen LogP contribution in [0.5, 0.6) is 0 Å². The van der Waals surface area contributed by atoms with E-state index < -0.39 is 0 Å². The van der Waals surface area contributed by atoms with Crippen LogP contribution in [-0.2, 0) is 6.54 Å². The number of thiophene rings is 1. The van der Waals surface area contributed by atoms with Gasteiger partial charge in [-0.05, 0) is 47.2 Å². The van der Waals surface area contributed by atoms with Crippen molar-refractivity contribution in [3.8, 4) is 0 Å². The molecular weight excluding hydrogens is 276 g/mol. The quantitative estimate of drug-likeness (QED) is 0.757. The Morgan fingerprint density at radius 1 is 1.00 bits per heavy atom. The fourth-order valence-corrected chi connectivity index (χ4v) is 3.27. The van der Waals surface area contributed by atoms with Gasteiger partial charge in [0.15, 0.2) is 0 Å². The minimum absolute atomic E-state index is 0.190. The van der Waals surface area contributed by atoms with Crippen LogP contribution in [0.25, 0.3) is 0 Å². The second-order valence-electron chi connectivity index (χ2n) is 5.03. The average Bonchev–Trinajstić information content (AvgIpc) is 2.95. The van der Waals surface area contributed by atoms with E-state index in [0.29, 0.717) is 0 Å². The third-order valence-electron chi connectivity index (χ3n) is 3.61. The van der Waals surface area contributed by atoms with Crippen LogP contribution in [0.15, 0.2) is 66.3 Å². The Morgan fingerprint density at radius 3 is 2.38 bits per heavy atom. The van der Waals surface area contributed by atoms with Crippen LogP contribution in [0.1, 0.15) is 27.6 Å². The molecule has 0 saturated carbocycles. The third kappa shape index (κ3) is 3.38. The van der Waals surface area contributed by atoms with Crippen molar-refractivity contribution in [1.82, 2.24) is 10.3 Å². The molecule has 0 aliphatic heterocycles. The lowest BCUT2D eigenvalue weighted by molar-refractivity contribution is 0.608. The van der Waals surface area contributed by atoms with Crippen molar-refractivity contribution in [3.63, 3.8) is 0 Å². The molecule has 1 N–H and O–H groups in total. The largest absolute Gasteiger partial charge is 0.301 e. The molecule has 0 fully saturated rings. The van der Waals surface area contributed by atoms with Gasteiger partial charge in [-0.25, -0.2) is 0 Å². The van der Waals surface area contributed by atoms with Crippen LogP contribution >= 0.6 is 11.3 Å². The van der Waals surface area contributed by atoms with Crippen molar-refractivity contribution < 1.29 is 0 Å². The zero-order valence-corrected chi connectivity index (χ0v) is 12.8. The van der Waals surface area contributed by atoms with E-state index in [-0.39, 0.29) is 6.04 Å². The van der Waals surface area contributed by atoms with Crippen molar-refractivity contribution in [2.24, 2.45) is 0 Å².